The molecule has 0 aliphatic heterocycles. The average molecular weight is 239 g/mol. The first-order valence-electron chi connectivity index (χ1n) is 5.10. The van der Waals surface area contributed by atoms with Crippen molar-refractivity contribution in [1.82, 2.24) is 10.1 Å². The Kier molecular flexibility index (Phi) is 3.14. The van der Waals surface area contributed by atoms with Gasteiger partial charge >= 0.3 is 0 Å². The van der Waals surface area contributed by atoms with E-state index in [0.29, 0.717) is 12.2 Å². The monoisotopic (exact) mass is 239 g/mol. The molecule has 0 radical (unpaired) electrons. The van der Waals surface area contributed by atoms with Crippen LogP contribution in [0.2, 0.25) is 0 Å². The number of halogens is 2. The molecule has 0 aliphatic carbocycles. The Morgan fingerprint density at radius 3 is 2.88 bits per heavy atom. The Balaban J connectivity index is 2.34. The first-order valence-corrected chi connectivity index (χ1v) is 5.10. The maximum absolute atomic E-state index is 13.4. The van der Waals surface area contributed by atoms with Gasteiger partial charge in [-0.1, -0.05) is 11.2 Å². The van der Waals surface area contributed by atoms with Crippen molar-refractivity contribution in [3.8, 4) is 11.5 Å². The number of rotatable bonds is 3. The standard InChI is InChI=1S/C11H11F2N3O/c1-6(14)5-9-15-11(17-16-9)7-3-2-4-8(12)10(7)13/h2-4,6H,5,14H2,1H3. The molecule has 2 rings (SSSR count). The van der Waals surface area contributed by atoms with Gasteiger partial charge in [-0.15, -0.1) is 0 Å². The van der Waals surface area contributed by atoms with E-state index in [-0.39, 0.29) is 17.5 Å². The number of aromatic nitrogens is 2. The van der Waals surface area contributed by atoms with Crippen LogP contribution in [-0.4, -0.2) is 16.2 Å². The molecule has 1 unspecified atom stereocenters. The summed E-state index contributed by atoms with van der Waals surface area (Å²) in [6.07, 6.45) is 0.417. The third-order valence-corrected chi connectivity index (χ3v) is 2.15. The second kappa shape index (κ2) is 4.58. The topological polar surface area (TPSA) is 64.9 Å². The first kappa shape index (κ1) is 11.7. The summed E-state index contributed by atoms with van der Waals surface area (Å²) in [6, 6.07) is 3.65. The highest BCUT2D eigenvalue weighted by Gasteiger charge is 2.16. The van der Waals surface area contributed by atoms with Crippen molar-refractivity contribution in [3.05, 3.63) is 35.7 Å². The predicted octanol–water partition coefficient (Wildman–Crippen LogP) is 1.90. The van der Waals surface area contributed by atoms with Gasteiger partial charge in [0.2, 0.25) is 0 Å². The van der Waals surface area contributed by atoms with Crippen LogP contribution in [0.1, 0.15) is 12.7 Å². The molecule has 0 amide bonds. The quantitative estimate of drug-likeness (QED) is 0.888. The normalized spacial score (nSPS) is 12.7. The minimum atomic E-state index is -0.997. The van der Waals surface area contributed by atoms with E-state index in [0.717, 1.165) is 6.07 Å². The lowest BCUT2D eigenvalue weighted by Gasteiger charge is -1.98. The molecule has 0 saturated carbocycles. The van der Waals surface area contributed by atoms with Crippen LogP contribution in [0.3, 0.4) is 0 Å². The molecule has 0 saturated heterocycles. The molecule has 0 spiro atoms. The molecule has 0 bridgehead atoms. The summed E-state index contributed by atoms with van der Waals surface area (Å²) in [7, 11) is 0. The summed E-state index contributed by atoms with van der Waals surface area (Å²) < 4.78 is 31.3. The number of hydrogen-bond donors (Lipinski definition) is 1. The first-order chi connectivity index (χ1) is 8.08. The molecule has 90 valence electrons. The Morgan fingerprint density at radius 2 is 2.18 bits per heavy atom. The lowest BCUT2D eigenvalue weighted by Crippen LogP contribution is -2.18. The van der Waals surface area contributed by atoms with Gasteiger partial charge in [0.25, 0.3) is 5.89 Å². The molecule has 2 aromatic rings. The average Bonchev–Trinajstić information content (AvgIpc) is 2.69. The summed E-state index contributed by atoms with van der Waals surface area (Å²) in [5.74, 6) is -1.62. The lowest BCUT2D eigenvalue weighted by molar-refractivity contribution is 0.416. The van der Waals surface area contributed by atoms with Crippen molar-refractivity contribution in [2.45, 2.75) is 19.4 Å². The van der Waals surface area contributed by atoms with Gasteiger partial charge in [0.15, 0.2) is 17.5 Å². The molecule has 1 aromatic heterocycles. The van der Waals surface area contributed by atoms with E-state index in [1.165, 1.54) is 12.1 Å². The fraction of sp³-hybridized carbons (Fsp3) is 0.273. The van der Waals surface area contributed by atoms with Crippen molar-refractivity contribution in [2.75, 3.05) is 0 Å². The third-order valence-electron chi connectivity index (χ3n) is 2.15. The van der Waals surface area contributed by atoms with E-state index in [9.17, 15) is 8.78 Å². The van der Waals surface area contributed by atoms with Gasteiger partial charge in [-0.25, -0.2) is 8.78 Å². The van der Waals surface area contributed by atoms with E-state index >= 15 is 0 Å². The van der Waals surface area contributed by atoms with Crippen LogP contribution in [-0.2, 0) is 6.42 Å². The Bertz CT molecular complexity index is 525. The van der Waals surface area contributed by atoms with Crippen LogP contribution in [0.5, 0.6) is 0 Å². The molecule has 2 N–H and O–H groups in total. The van der Waals surface area contributed by atoms with Crippen molar-refractivity contribution >= 4 is 0 Å². The molecule has 1 heterocycles. The second-order valence-corrected chi connectivity index (χ2v) is 3.80. The number of nitrogens with zero attached hydrogens (tertiary/aromatic N) is 2. The number of benzene rings is 1. The van der Waals surface area contributed by atoms with E-state index in [4.69, 9.17) is 10.3 Å². The zero-order valence-electron chi connectivity index (χ0n) is 9.15. The number of hydrogen-bond acceptors (Lipinski definition) is 4. The molecular weight excluding hydrogens is 228 g/mol. The van der Waals surface area contributed by atoms with Crippen molar-refractivity contribution in [1.29, 1.82) is 0 Å². The van der Waals surface area contributed by atoms with E-state index in [1.54, 1.807) is 6.92 Å². The molecular formula is C11H11F2N3O. The largest absolute Gasteiger partial charge is 0.334 e. The third kappa shape index (κ3) is 2.47. The van der Waals surface area contributed by atoms with E-state index in [1.807, 2.05) is 0 Å². The summed E-state index contributed by atoms with van der Waals surface area (Å²) in [5.41, 5.74) is 5.52. The van der Waals surface area contributed by atoms with Gasteiger partial charge in [0.1, 0.15) is 0 Å². The molecule has 1 atom stereocenters. The van der Waals surface area contributed by atoms with Crippen molar-refractivity contribution in [2.24, 2.45) is 5.73 Å². The smallest absolute Gasteiger partial charge is 0.261 e. The molecule has 6 heteroatoms. The lowest BCUT2D eigenvalue weighted by atomic mass is 10.2. The van der Waals surface area contributed by atoms with Crippen LogP contribution >= 0.6 is 0 Å². The zero-order valence-corrected chi connectivity index (χ0v) is 9.15. The number of nitrogens with two attached hydrogens (primary N) is 1. The zero-order chi connectivity index (χ0) is 12.4. The van der Waals surface area contributed by atoms with Gasteiger partial charge in [-0.05, 0) is 19.1 Å². The van der Waals surface area contributed by atoms with Gasteiger partial charge in [0.05, 0.1) is 5.56 Å². The molecule has 1 aromatic carbocycles. The Morgan fingerprint density at radius 1 is 1.41 bits per heavy atom. The molecule has 17 heavy (non-hydrogen) atoms. The van der Waals surface area contributed by atoms with Gasteiger partial charge in [0, 0.05) is 12.5 Å². The fourth-order valence-electron chi connectivity index (χ4n) is 1.40. The minimum Gasteiger partial charge on any atom is -0.334 e. The highest BCUT2D eigenvalue weighted by molar-refractivity contribution is 5.53. The van der Waals surface area contributed by atoms with E-state index in [2.05, 4.69) is 10.1 Å². The summed E-state index contributed by atoms with van der Waals surface area (Å²) in [4.78, 5) is 3.96. The highest BCUT2D eigenvalue weighted by atomic mass is 19.2. The molecule has 0 fully saturated rings. The second-order valence-electron chi connectivity index (χ2n) is 3.80. The predicted molar refractivity (Wildman–Crippen MR) is 57.0 cm³/mol. The SMILES string of the molecule is CC(N)Cc1noc(-c2cccc(F)c2F)n1. The maximum atomic E-state index is 13.4. The molecule has 0 aliphatic rings. The van der Waals surface area contributed by atoms with Crippen LogP contribution in [0.15, 0.2) is 22.7 Å². The summed E-state index contributed by atoms with van der Waals surface area (Å²) in [6.45, 7) is 1.79. The van der Waals surface area contributed by atoms with E-state index < -0.39 is 11.6 Å². The van der Waals surface area contributed by atoms with Crippen molar-refractivity contribution < 1.29 is 13.3 Å². The maximum Gasteiger partial charge on any atom is 0.261 e. The fourth-order valence-corrected chi connectivity index (χ4v) is 1.40. The van der Waals surface area contributed by atoms with Gasteiger partial charge < -0.3 is 10.3 Å². The van der Waals surface area contributed by atoms with Crippen LogP contribution in [0.25, 0.3) is 11.5 Å². The van der Waals surface area contributed by atoms with Crippen molar-refractivity contribution in [3.63, 3.8) is 0 Å². The van der Waals surface area contributed by atoms with Gasteiger partial charge in [-0.2, -0.15) is 4.98 Å². The Labute approximate surface area is 96.4 Å². The highest BCUT2D eigenvalue weighted by Crippen LogP contribution is 2.22. The van der Waals surface area contributed by atoms with Crippen LogP contribution in [0, 0.1) is 11.6 Å². The summed E-state index contributed by atoms with van der Waals surface area (Å²) >= 11 is 0. The van der Waals surface area contributed by atoms with Crippen LogP contribution < -0.4 is 5.73 Å². The van der Waals surface area contributed by atoms with Crippen LogP contribution in [0.4, 0.5) is 8.78 Å². The molecule has 4 nitrogen and oxygen atoms in total. The summed E-state index contributed by atoms with van der Waals surface area (Å²) in [5, 5.41) is 3.65. The minimum absolute atomic E-state index is 0.0438. The Hall–Kier alpha value is -1.82. The van der Waals surface area contributed by atoms with Gasteiger partial charge in [-0.3, -0.25) is 0 Å².